The van der Waals surface area contributed by atoms with Crippen LogP contribution in [-0.4, -0.2) is 25.0 Å². The van der Waals surface area contributed by atoms with Gasteiger partial charge in [0.1, 0.15) is 0 Å². The monoisotopic (exact) mass is 222 g/mol. The predicted molar refractivity (Wildman–Crippen MR) is 65.0 cm³/mol. The first-order valence-corrected chi connectivity index (χ1v) is 6.29. The van der Waals surface area contributed by atoms with Gasteiger partial charge in [-0.1, -0.05) is 6.07 Å². The van der Waals surface area contributed by atoms with Crippen LogP contribution in [0.5, 0.6) is 0 Å². The molecule has 1 aromatic heterocycles. The number of rotatable bonds is 7. The Balaban J connectivity index is 2.04. The summed E-state index contributed by atoms with van der Waals surface area (Å²) in [6.45, 7) is 2.22. The lowest BCUT2D eigenvalue weighted by atomic mass is 10.2. The van der Waals surface area contributed by atoms with E-state index in [1.54, 1.807) is 0 Å². The molecule has 1 heterocycles. The quantitative estimate of drug-likeness (QED) is 0.663. The number of hydrogen-bond acceptors (Lipinski definition) is 3. The smallest absolute Gasteiger partial charge is 0.0621 e. The molecule has 0 fully saturated rings. The summed E-state index contributed by atoms with van der Waals surface area (Å²) in [6.07, 6.45) is 4.00. The maximum Gasteiger partial charge on any atom is 0.0621 e. The fourth-order valence-corrected chi connectivity index (χ4v) is 2.15. The average Bonchev–Trinajstić information content (AvgIpc) is 2.74. The highest BCUT2D eigenvalue weighted by molar-refractivity contribution is 7.09. The van der Waals surface area contributed by atoms with E-state index in [1.165, 1.54) is 4.88 Å². The topological polar surface area (TPSA) is 27.0 Å². The average molecular weight is 222 g/mol. The maximum atomic E-state index is 8.40. The number of nitriles is 1. The third-order valence-corrected chi connectivity index (χ3v) is 3.33. The summed E-state index contributed by atoms with van der Waals surface area (Å²) >= 11 is 1.83. The van der Waals surface area contributed by atoms with Crippen molar-refractivity contribution in [1.82, 2.24) is 4.90 Å². The Morgan fingerprint density at radius 3 is 2.93 bits per heavy atom. The molecular formula is C12H18N2S. The van der Waals surface area contributed by atoms with Gasteiger partial charge in [-0.05, 0) is 44.3 Å². The molecule has 2 nitrogen and oxygen atoms in total. The van der Waals surface area contributed by atoms with Crippen LogP contribution < -0.4 is 0 Å². The molecule has 0 aliphatic carbocycles. The van der Waals surface area contributed by atoms with E-state index in [-0.39, 0.29) is 0 Å². The van der Waals surface area contributed by atoms with Gasteiger partial charge in [-0.3, -0.25) is 0 Å². The molecule has 0 atom stereocenters. The fraction of sp³-hybridized carbons (Fsp3) is 0.583. The van der Waals surface area contributed by atoms with E-state index in [9.17, 15) is 0 Å². The SMILES string of the molecule is CN(CCCCC#N)CCc1cccs1. The summed E-state index contributed by atoms with van der Waals surface area (Å²) in [4.78, 5) is 3.80. The van der Waals surface area contributed by atoms with Crippen LogP contribution in [0.3, 0.4) is 0 Å². The van der Waals surface area contributed by atoms with Gasteiger partial charge in [-0.25, -0.2) is 0 Å². The zero-order valence-electron chi connectivity index (χ0n) is 9.28. The second-order valence-corrected chi connectivity index (χ2v) is 4.78. The molecule has 1 aromatic rings. The summed E-state index contributed by atoms with van der Waals surface area (Å²) < 4.78 is 0. The van der Waals surface area contributed by atoms with Crippen LogP contribution in [0.4, 0.5) is 0 Å². The van der Waals surface area contributed by atoms with Crippen molar-refractivity contribution >= 4 is 11.3 Å². The minimum absolute atomic E-state index is 0.693. The standard InChI is InChI=1S/C12H18N2S/c1-14(9-4-2-3-8-13)10-7-12-6-5-11-15-12/h5-6,11H,2-4,7,9-10H2,1H3. The second kappa shape index (κ2) is 7.44. The van der Waals surface area contributed by atoms with Gasteiger partial charge >= 0.3 is 0 Å². The molecule has 82 valence electrons. The molecule has 0 unspecified atom stereocenters. The molecule has 0 saturated heterocycles. The van der Waals surface area contributed by atoms with E-state index in [0.29, 0.717) is 6.42 Å². The van der Waals surface area contributed by atoms with Crippen LogP contribution in [0.25, 0.3) is 0 Å². The number of likely N-dealkylation sites (N-methyl/N-ethyl adjacent to an activating group) is 1. The van der Waals surface area contributed by atoms with Crippen LogP contribution in [0, 0.1) is 11.3 Å². The summed E-state index contributed by atoms with van der Waals surface area (Å²) in [5.74, 6) is 0. The summed E-state index contributed by atoms with van der Waals surface area (Å²) in [6, 6.07) is 6.47. The molecule has 0 bridgehead atoms. The highest BCUT2D eigenvalue weighted by Gasteiger charge is 1.99. The number of thiophene rings is 1. The van der Waals surface area contributed by atoms with Crippen LogP contribution in [0.2, 0.25) is 0 Å². The Bertz CT molecular complexity index is 287. The Labute approximate surface area is 96.1 Å². The van der Waals surface area contributed by atoms with Crippen molar-refractivity contribution < 1.29 is 0 Å². The number of unbranched alkanes of at least 4 members (excludes halogenated alkanes) is 2. The second-order valence-electron chi connectivity index (χ2n) is 3.75. The molecule has 0 spiro atoms. The van der Waals surface area contributed by atoms with E-state index in [0.717, 1.165) is 32.4 Å². The van der Waals surface area contributed by atoms with Crippen molar-refractivity contribution in [3.05, 3.63) is 22.4 Å². The molecule has 1 rings (SSSR count). The molecule has 0 saturated carbocycles. The van der Waals surface area contributed by atoms with Crippen LogP contribution in [-0.2, 0) is 6.42 Å². The van der Waals surface area contributed by atoms with Gasteiger partial charge in [0.25, 0.3) is 0 Å². The van der Waals surface area contributed by atoms with Crippen molar-refractivity contribution in [2.75, 3.05) is 20.1 Å². The highest BCUT2D eigenvalue weighted by atomic mass is 32.1. The Morgan fingerprint density at radius 2 is 2.27 bits per heavy atom. The van der Waals surface area contributed by atoms with Gasteiger partial charge < -0.3 is 4.90 Å². The maximum absolute atomic E-state index is 8.40. The third kappa shape index (κ3) is 5.56. The van der Waals surface area contributed by atoms with E-state index < -0.39 is 0 Å². The lowest BCUT2D eigenvalue weighted by molar-refractivity contribution is 0.331. The fourth-order valence-electron chi connectivity index (χ4n) is 1.45. The van der Waals surface area contributed by atoms with E-state index in [2.05, 4.69) is 35.5 Å². The molecule has 0 radical (unpaired) electrons. The molecular weight excluding hydrogens is 204 g/mol. The predicted octanol–water partition coefficient (Wildman–Crippen LogP) is 2.92. The van der Waals surface area contributed by atoms with E-state index in [1.807, 2.05) is 11.3 Å². The van der Waals surface area contributed by atoms with Crippen LogP contribution in [0.15, 0.2) is 17.5 Å². The molecule has 15 heavy (non-hydrogen) atoms. The van der Waals surface area contributed by atoms with E-state index in [4.69, 9.17) is 5.26 Å². The van der Waals surface area contributed by atoms with Gasteiger partial charge in [0.05, 0.1) is 6.07 Å². The summed E-state index contributed by atoms with van der Waals surface area (Å²) in [5, 5.41) is 10.5. The van der Waals surface area contributed by atoms with Gasteiger partial charge in [0, 0.05) is 17.8 Å². The largest absolute Gasteiger partial charge is 0.306 e. The van der Waals surface area contributed by atoms with Crippen LogP contribution >= 0.6 is 11.3 Å². The zero-order chi connectivity index (χ0) is 10.9. The molecule has 0 aromatic carbocycles. The number of nitrogens with zero attached hydrogens (tertiary/aromatic N) is 2. The minimum atomic E-state index is 0.693. The normalized spacial score (nSPS) is 10.5. The molecule has 0 N–H and O–H groups in total. The zero-order valence-corrected chi connectivity index (χ0v) is 10.1. The molecule has 0 aliphatic rings. The van der Waals surface area contributed by atoms with Gasteiger partial charge in [0.2, 0.25) is 0 Å². The lowest BCUT2D eigenvalue weighted by Gasteiger charge is -2.15. The van der Waals surface area contributed by atoms with Crippen LogP contribution in [0.1, 0.15) is 24.1 Å². The molecule has 0 aliphatic heterocycles. The van der Waals surface area contributed by atoms with Gasteiger partial charge in [0.15, 0.2) is 0 Å². The first-order valence-electron chi connectivity index (χ1n) is 5.41. The van der Waals surface area contributed by atoms with Crippen molar-refractivity contribution in [1.29, 1.82) is 5.26 Å². The van der Waals surface area contributed by atoms with Gasteiger partial charge in [-0.2, -0.15) is 5.26 Å². The highest BCUT2D eigenvalue weighted by Crippen LogP contribution is 2.09. The van der Waals surface area contributed by atoms with E-state index >= 15 is 0 Å². The Kier molecular flexibility index (Phi) is 6.06. The van der Waals surface area contributed by atoms with Crippen molar-refractivity contribution in [3.8, 4) is 6.07 Å². The lowest BCUT2D eigenvalue weighted by Crippen LogP contribution is -2.22. The van der Waals surface area contributed by atoms with Gasteiger partial charge in [-0.15, -0.1) is 11.3 Å². The Hall–Kier alpha value is -0.850. The first kappa shape index (κ1) is 12.2. The number of hydrogen-bond donors (Lipinski definition) is 0. The summed E-state index contributed by atoms with van der Waals surface area (Å²) in [5.41, 5.74) is 0. The minimum Gasteiger partial charge on any atom is -0.306 e. The molecule has 3 heteroatoms. The first-order chi connectivity index (χ1) is 7.33. The third-order valence-electron chi connectivity index (χ3n) is 2.40. The van der Waals surface area contributed by atoms with Crippen molar-refractivity contribution in [2.45, 2.75) is 25.7 Å². The Morgan fingerprint density at radius 1 is 1.40 bits per heavy atom. The van der Waals surface area contributed by atoms with Crippen molar-refractivity contribution in [3.63, 3.8) is 0 Å². The molecule has 0 amide bonds. The van der Waals surface area contributed by atoms with Crippen molar-refractivity contribution in [2.24, 2.45) is 0 Å². The summed E-state index contributed by atoms with van der Waals surface area (Å²) in [7, 11) is 2.15.